The second kappa shape index (κ2) is 5.95. The number of aromatic nitrogens is 1. The molecule has 1 N–H and O–H groups in total. The third kappa shape index (κ3) is 3.28. The largest absolute Gasteiger partial charge is 0.497 e. The number of hydrogen-bond donors (Lipinski definition) is 1. The fourth-order valence-corrected chi connectivity index (χ4v) is 1.56. The number of amides is 1. The van der Waals surface area contributed by atoms with E-state index in [0.29, 0.717) is 6.54 Å². The molecule has 0 spiro atoms. The van der Waals surface area contributed by atoms with Crippen molar-refractivity contribution in [3.63, 3.8) is 0 Å². The topological polar surface area (TPSA) is 51.2 Å². The van der Waals surface area contributed by atoms with Crippen molar-refractivity contribution in [3.8, 4) is 5.75 Å². The Balaban J connectivity index is 1.98. The summed E-state index contributed by atoms with van der Waals surface area (Å²) in [6.07, 6.45) is 1.38. The molecule has 19 heavy (non-hydrogen) atoms. The maximum Gasteiger partial charge on any atom is 0.273 e. The van der Waals surface area contributed by atoms with E-state index < -0.39 is 11.7 Å². The van der Waals surface area contributed by atoms with Gasteiger partial charge in [0, 0.05) is 12.7 Å². The van der Waals surface area contributed by atoms with E-state index in [1.807, 2.05) is 12.1 Å². The van der Waals surface area contributed by atoms with E-state index in [0.717, 1.165) is 11.3 Å². The SMILES string of the molecule is COc1ccc(CNC(=O)c2ncccc2F)cc1. The summed E-state index contributed by atoms with van der Waals surface area (Å²) < 4.78 is 18.4. The van der Waals surface area contributed by atoms with Gasteiger partial charge in [0.05, 0.1) is 7.11 Å². The van der Waals surface area contributed by atoms with Crippen LogP contribution in [0.4, 0.5) is 4.39 Å². The highest BCUT2D eigenvalue weighted by Crippen LogP contribution is 2.11. The highest BCUT2D eigenvalue weighted by atomic mass is 19.1. The Bertz CT molecular complexity index is 570. The molecule has 1 aromatic carbocycles. The van der Waals surface area contributed by atoms with E-state index >= 15 is 0 Å². The molecule has 1 heterocycles. The molecule has 0 saturated heterocycles. The molecule has 4 nitrogen and oxygen atoms in total. The van der Waals surface area contributed by atoms with Crippen molar-refractivity contribution in [2.24, 2.45) is 0 Å². The Morgan fingerprint density at radius 1 is 1.32 bits per heavy atom. The highest BCUT2D eigenvalue weighted by Gasteiger charge is 2.11. The number of carbonyl (C=O) groups excluding carboxylic acids is 1. The van der Waals surface area contributed by atoms with Crippen LogP contribution in [0.5, 0.6) is 5.75 Å². The zero-order valence-electron chi connectivity index (χ0n) is 10.4. The predicted molar refractivity (Wildman–Crippen MR) is 68.4 cm³/mol. The molecule has 0 aliphatic heterocycles. The van der Waals surface area contributed by atoms with Crippen molar-refractivity contribution in [2.75, 3.05) is 7.11 Å². The summed E-state index contributed by atoms with van der Waals surface area (Å²) >= 11 is 0. The van der Waals surface area contributed by atoms with Gasteiger partial charge in [-0.3, -0.25) is 4.79 Å². The molecule has 2 aromatic rings. The normalized spacial score (nSPS) is 10.0. The van der Waals surface area contributed by atoms with E-state index in [1.165, 1.54) is 18.3 Å². The minimum Gasteiger partial charge on any atom is -0.497 e. The predicted octanol–water partition coefficient (Wildman–Crippen LogP) is 2.16. The number of carbonyl (C=O) groups is 1. The van der Waals surface area contributed by atoms with Crippen molar-refractivity contribution in [2.45, 2.75) is 6.54 Å². The van der Waals surface area contributed by atoms with E-state index in [1.54, 1.807) is 19.2 Å². The fourth-order valence-electron chi connectivity index (χ4n) is 1.56. The van der Waals surface area contributed by atoms with Crippen LogP contribution in [0.25, 0.3) is 0 Å². The lowest BCUT2D eigenvalue weighted by Gasteiger charge is -2.06. The first-order valence-electron chi connectivity index (χ1n) is 5.72. The van der Waals surface area contributed by atoms with Crippen LogP contribution in [0, 0.1) is 5.82 Å². The summed E-state index contributed by atoms with van der Waals surface area (Å²) in [6, 6.07) is 9.89. The van der Waals surface area contributed by atoms with Crippen LogP contribution in [0.15, 0.2) is 42.6 Å². The fraction of sp³-hybridized carbons (Fsp3) is 0.143. The van der Waals surface area contributed by atoms with Crippen LogP contribution in [0.1, 0.15) is 16.1 Å². The molecular weight excluding hydrogens is 247 g/mol. The number of ether oxygens (including phenoxy) is 1. The van der Waals surface area contributed by atoms with E-state index in [-0.39, 0.29) is 5.69 Å². The second-order valence-electron chi connectivity index (χ2n) is 3.86. The molecule has 0 bridgehead atoms. The van der Waals surface area contributed by atoms with E-state index in [9.17, 15) is 9.18 Å². The lowest BCUT2D eigenvalue weighted by Crippen LogP contribution is -2.24. The standard InChI is InChI=1S/C14H13FN2O2/c1-19-11-6-4-10(5-7-11)9-17-14(18)13-12(15)3-2-8-16-13/h2-8H,9H2,1H3,(H,17,18). The van der Waals surface area contributed by atoms with Crippen molar-refractivity contribution in [3.05, 3.63) is 59.7 Å². The summed E-state index contributed by atoms with van der Waals surface area (Å²) in [7, 11) is 1.58. The first-order valence-corrected chi connectivity index (χ1v) is 5.72. The molecular formula is C14H13FN2O2. The monoisotopic (exact) mass is 260 g/mol. The molecule has 0 saturated carbocycles. The van der Waals surface area contributed by atoms with Crippen LogP contribution >= 0.6 is 0 Å². The smallest absolute Gasteiger partial charge is 0.273 e. The quantitative estimate of drug-likeness (QED) is 0.916. The average molecular weight is 260 g/mol. The third-order valence-electron chi connectivity index (χ3n) is 2.59. The zero-order valence-corrected chi connectivity index (χ0v) is 10.4. The maximum absolute atomic E-state index is 13.3. The van der Waals surface area contributed by atoms with Gasteiger partial charge < -0.3 is 10.1 Å². The number of hydrogen-bond acceptors (Lipinski definition) is 3. The molecule has 0 aliphatic rings. The molecule has 5 heteroatoms. The number of rotatable bonds is 4. The van der Waals surface area contributed by atoms with Crippen LogP contribution in [-0.4, -0.2) is 18.0 Å². The van der Waals surface area contributed by atoms with Crippen LogP contribution in [0.3, 0.4) is 0 Å². The van der Waals surface area contributed by atoms with Gasteiger partial charge in [0.1, 0.15) is 5.75 Å². The Morgan fingerprint density at radius 2 is 2.05 bits per heavy atom. The van der Waals surface area contributed by atoms with Crippen molar-refractivity contribution in [1.82, 2.24) is 10.3 Å². The van der Waals surface area contributed by atoms with Gasteiger partial charge in [0.25, 0.3) is 5.91 Å². The summed E-state index contributed by atoms with van der Waals surface area (Å²) in [5.41, 5.74) is 0.696. The Hall–Kier alpha value is -2.43. The number of nitrogens with one attached hydrogen (secondary N) is 1. The van der Waals surface area contributed by atoms with Crippen molar-refractivity contribution >= 4 is 5.91 Å². The van der Waals surface area contributed by atoms with E-state index in [4.69, 9.17) is 4.74 Å². The van der Waals surface area contributed by atoms with Gasteiger partial charge in [-0.25, -0.2) is 9.37 Å². The summed E-state index contributed by atoms with van der Waals surface area (Å²) in [4.78, 5) is 15.4. The molecule has 0 radical (unpaired) electrons. The highest BCUT2D eigenvalue weighted by molar-refractivity contribution is 5.92. The van der Waals surface area contributed by atoms with Crippen molar-refractivity contribution < 1.29 is 13.9 Å². The first kappa shape index (κ1) is 13.0. The molecule has 98 valence electrons. The number of pyridine rings is 1. The Labute approximate surface area is 110 Å². The Kier molecular flexibility index (Phi) is 4.07. The minimum absolute atomic E-state index is 0.198. The molecule has 0 fully saturated rings. The number of nitrogens with zero attached hydrogens (tertiary/aromatic N) is 1. The summed E-state index contributed by atoms with van der Waals surface area (Å²) in [5.74, 6) is -0.422. The minimum atomic E-state index is -0.630. The molecule has 0 aliphatic carbocycles. The molecule has 1 aromatic heterocycles. The van der Waals surface area contributed by atoms with Crippen LogP contribution in [0.2, 0.25) is 0 Å². The Morgan fingerprint density at radius 3 is 2.68 bits per heavy atom. The van der Waals surface area contributed by atoms with E-state index in [2.05, 4.69) is 10.3 Å². The van der Waals surface area contributed by atoms with Gasteiger partial charge in [-0.15, -0.1) is 0 Å². The zero-order chi connectivity index (χ0) is 13.7. The van der Waals surface area contributed by atoms with Gasteiger partial charge in [0.2, 0.25) is 0 Å². The van der Waals surface area contributed by atoms with Gasteiger partial charge in [-0.05, 0) is 29.8 Å². The van der Waals surface area contributed by atoms with Gasteiger partial charge >= 0.3 is 0 Å². The van der Waals surface area contributed by atoms with Crippen LogP contribution < -0.4 is 10.1 Å². The summed E-state index contributed by atoms with van der Waals surface area (Å²) in [6.45, 7) is 0.304. The number of methoxy groups -OCH3 is 1. The van der Waals surface area contributed by atoms with Crippen molar-refractivity contribution in [1.29, 1.82) is 0 Å². The lowest BCUT2D eigenvalue weighted by molar-refractivity contribution is 0.0941. The number of halogens is 1. The molecule has 2 rings (SSSR count). The molecule has 1 amide bonds. The molecule has 0 unspecified atom stereocenters. The average Bonchev–Trinajstić information content (AvgIpc) is 2.46. The summed E-state index contributed by atoms with van der Waals surface area (Å²) in [5, 5.41) is 2.61. The van der Waals surface area contributed by atoms with Gasteiger partial charge in [0.15, 0.2) is 11.5 Å². The van der Waals surface area contributed by atoms with Gasteiger partial charge in [-0.2, -0.15) is 0 Å². The first-order chi connectivity index (χ1) is 9.20. The number of benzene rings is 1. The second-order valence-corrected chi connectivity index (χ2v) is 3.86. The van der Waals surface area contributed by atoms with Crippen LogP contribution in [-0.2, 0) is 6.54 Å². The van der Waals surface area contributed by atoms with Gasteiger partial charge in [-0.1, -0.05) is 12.1 Å². The lowest BCUT2D eigenvalue weighted by atomic mass is 10.2. The maximum atomic E-state index is 13.3. The third-order valence-corrected chi connectivity index (χ3v) is 2.59. The molecule has 0 atom stereocenters.